The second kappa shape index (κ2) is 12.8. The van der Waals surface area contributed by atoms with Gasteiger partial charge >= 0.3 is 5.97 Å². The van der Waals surface area contributed by atoms with Gasteiger partial charge in [0.25, 0.3) is 0 Å². The third-order valence-corrected chi connectivity index (χ3v) is 9.23. The van der Waals surface area contributed by atoms with Crippen molar-refractivity contribution in [2.45, 2.75) is 78.2 Å². The third kappa shape index (κ3) is 5.34. The number of anilines is 3. The van der Waals surface area contributed by atoms with Crippen molar-refractivity contribution in [3.8, 4) is 11.5 Å². The van der Waals surface area contributed by atoms with E-state index < -0.39 is 5.60 Å². The first-order chi connectivity index (χ1) is 21.5. The smallest absolute Gasteiger partial charge is 0.340 e. The highest BCUT2D eigenvalue weighted by Crippen LogP contribution is 2.56. The van der Waals surface area contributed by atoms with Crippen LogP contribution >= 0.6 is 0 Å². The largest absolute Gasteiger partial charge is 0.456 e. The second-order valence-electron chi connectivity index (χ2n) is 12.0. The first-order valence-corrected chi connectivity index (χ1v) is 16.4. The maximum Gasteiger partial charge on any atom is 0.340 e. The van der Waals surface area contributed by atoms with Gasteiger partial charge in [-0.25, -0.2) is 4.79 Å². The lowest BCUT2D eigenvalue weighted by Crippen LogP contribution is -2.33. The van der Waals surface area contributed by atoms with Crippen LogP contribution in [0.1, 0.15) is 97.5 Å². The molecule has 4 aromatic rings. The topological polar surface area (TPSA) is 50.8 Å². The van der Waals surface area contributed by atoms with Crippen LogP contribution in [0.2, 0.25) is 0 Å². The summed E-state index contributed by atoms with van der Waals surface area (Å²) in [4.78, 5) is 15.7. The van der Waals surface area contributed by atoms with E-state index in [9.17, 15) is 4.79 Å². The standard InChI is InChI=1S/C39H44N2O3/c1-5-8-9-10-11-12-17-28-24-27(4)34(26-35(28)41(6-2)7-3)40-29-22-23-37-33(25-29)39(32-20-15-16-21-36(32)43-37)31-19-14-13-18-30(31)38(42)44-39/h13-16,18-26,40H,5-12,17H2,1-4H3. The molecule has 1 atom stereocenters. The summed E-state index contributed by atoms with van der Waals surface area (Å²) in [6, 6.07) is 26.3. The number of ether oxygens (including phenoxy) is 2. The minimum Gasteiger partial charge on any atom is -0.456 e. The number of benzene rings is 4. The van der Waals surface area contributed by atoms with E-state index in [0.29, 0.717) is 17.1 Å². The van der Waals surface area contributed by atoms with Crippen molar-refractivity contribution in [1.29, 1.82) is 0 Å². The fourth-order valence-corrected chi connectivity index (χ4v) is 6.90. The van der Waals surface area contributed by atoms with Gasteiger partial charge in [0.05, 0.1) is 5.56 Å². The molecule has 6 rings (SSSR count). The molecule has 0 fully saturated rings. The van der Waals surface area contributed by atoms with Gasteiger partial charge in [-0.05, 0) is 81.1 Å². The Bertz CT molecular complexity index is 1660. The number of unbranched alkanes of at least 4 members (excludes halogenated alkanes) is 5. The molecule has 2 aliphatic rings. The van der Waals surface area contributed by atoms with Gasteiger partial charge in [0.2, 0.25) is 0 Å². The fourth-order valence-electron chi connectivity index (χ4n) is 6.90. The Morgan fingerprint density at radius 3 is 2.25 bits per heavy atom. The maximum atomic E-state index is 13.2. The van der Waals surface area contributed by atoms with Crippen molar-refractivity contribution >= 4 is 23.0 Å². The van der Waals surface area contributed by atoms with Gasteiger partial charge < -0.3 is 19.7 Å². The second-order valence-corrected chi connectivity index (χ2v) is 12.0. The van der Waals surface area contributed by atoms with Gasteiger partial charge in [0, 0.05) is 46.8 Å². The summed E-state index contributed by atoms with van der Waals surface area (Å²) in [5, 5.41) is 3.73. The lowest BCUT2D eigenvalue weighted by atomic mass is 9.77. The van der Waals surface area contributed by atoms with Crippen LogP contribution in [0.15, 0.2) is 78.9 Å². The van der Waals surface area contributed by atoms with Crippen LogP contribution < -0.4 is 15.0 Å². The van der Waals surface area contributed by atoms with Crippen LogP contribution in [0.25, 0.3) is 0 Å². The predicted octanol–water partition coefficient (Wildman–Crippen LogP) is 10.1. The average Bonchev–Trinajstić information content (AvgIpc) is 3.34. The Morgan fingerprint density at radius 1 is 0.750 bits per heavy atom. The molecule has 0 aliphatic carbocycles. The zero-order valence-corrected chi connectivity index (χ0v) is 26.5. The summed E-state index contributed by atoms with van der Waals surface area (Å²) in [5.74, 6) is 1.07. The molecular weight excluding hydrogens is 544 g/mol. The van der Waals surface area contributed by atoms with E-state index >= 15 is 0 Å². The van der Waals surface area contributed by atoms with Gasteiger partial charge in [-0.2, -0.15) is 0 Å². The quantitative estimate of drug-likeness (QED) is 0.132. The molecule has 0 radical (unpaired) electrons. The Kier molecular flexibility index (Phi) is 8.65. The number of carbonyl (C=O) groups excluding carboxylic acids is 1. The molecule has 4 aromatic carbocycles. The SMILES string of the molecule is CCCCCCCCc1cc(C)c(Nc2ccc3c(c2)C2(OC(=O)c4ccccc42)c2ccccc2O3)cc1N(CC)CC. The molecule has 2 heterocycles. The number of aryl methyl sites for hydroxylation is 2. The molecule has 0 bridgehead atoms. The van der Waals surface area contributed by atoms with Crippen LogP contribution in [0.5, 0.6) is 11.5 Å². The molecule has 0 amide bonds. The third-order valence-electron chi connectivity index (χ3n) is 9.23. The Hall–Kier alpha value is -4.25. The van der Waals surface area contributed by atoms with Crippen molar-refractivity contribution in [3.05, 3.63) is 112 Å². The van der Waals surface area contributed by atoms with Crippen molar-refractivity contribution in [2.75, 3.05) is 23.3 Å². The molecule has 1 spiro atoms. The van der Waals surface area contributed by atoms with Crippen LogP contribution in [0.4, 0.5) is 17.1 Å². The highest BCUT2D eigenvalue weighted by Gasteiger charge is 2.53. The van der Waals surface area contributed by atoms with Gasteiger partial charge in [0.15, 0.2) is 5.60 Å². The van der Waals surface area contributed by atoms with Crippen molar-refractivity contribution in [1.82, 2.24) is 0 Å². The first kappa shape index (κ1) is 29.8. The maximum absolute atomic E-state index is 13.2. The number of carbonyl (C=O) groups is 1. The molecule has 2 aliphatic heterocycles. The van der Waals surface area contributed by atoms with Crippen molar-refractivity contribution in [2.24, 2.45) is 0 Å². The van der Waals surface area contributed by atoms with Gasteiger partial charge in [0.1, 0.15) is 11.5 Å². The van der Waals surface area contributed by atoms with E-state index in [-0.39, 0.29) is 5.97 Å². The monoisotopic (exact) mass is 588 g/mol. The highest BCUT2D eigenvalue weighted by atomic mass is 16.6. The van der Waals surface area contributed by atoms with Crippen LogP contribution in [-0.4, -0.2) is 19.1 Å². The molecule has 0 saturated heterocycles. The van der Waals surface area contributed by atoms with Gasteiger partial charge in [-0.3, -0.25) is 0 Å². The molecule has 0 saturated carbocycles. The minimum atomic E-state index is -1.07. The predicted molar refractivity (Wildman–Crippen MR) is 180 cm³/mol. The van der Waals surface area contributed by atoms with Gasteiger partial charge in [-0.15, -0.1) is 0 Å². The number of para-hydroxylation sites is 1. The van der Waals surface area contributed by atoms with Crippen LogP contribution in [0, 0.1) is 6.92 Å². The number of nitrogens with zero attached hydrogens (tertiary/aromatic N) is 1. The molecular formula is C39H44N2O3. The number of fused-ring (bicyclic) bond motifs is 6. The number of esters is 1. The molecule has 5 nitrogen and oxygen atoms in total. The molecule has 228 valence electrons. The zero-order valence-electron chi connectivity index (χ0n) is 26.5. The summed E-state index contributed by atoms with van der Waals surface area (Å²) < 4.78 is 12.7. The number of nitrogens with one attached hydrogen (secondary N) is 1. The molecule has 1 unspecified atom stereocenters. The summed E-state index contributed by atoms with van der Waals surface area (Å²) in [6.45, 7) is 10.8. The van der Waals surface area contributed by atoms with E-state index in [1.165, 1.54) is 55.3 Å². The molecule has 5 heteroatoms. The molecule has 44 heavy (non-hydrogen) atoms. The Balaban J connectivity index is 1.36. The number of rotatable bonds is 12. The number of hydrogen-bond acceptors (Lipinski definition) is 5. The van der Waals surface area contributed by atoms with E-state index in [1.807, 2.05) is 60.7 Å². The highest BCUT2D eigenvalue weighted by molar-refractivity contribution is 5.97. The zero-order chi connectivity index (χ0) is 30.7. The first-order valence-electron chi connectivity index (χ1n) is 16.4. The summed E-state index contributed by atoms with van der Waals surface area (Å²) in [5.41, 5.74) is 7.97. The van der Waals surface area contributed by atoms with Crippen LogP contribution in [-0.2, 0) is 16.8 Å². The fraction of sp³-hybridized carbons (Fsp3) is 0.359. The van der Waals surface area contributed by atoms with E-state index in [0.717, 1.165) is 47.6 Å². The number of hydrogen-bond donors (Lipinski definition) is 1. The lowest BCUT2D eigenvalue weighted by Gasteiger charge is -2.36. The van der Waals surface area contributed by atoms with E-state index in [4.69, 9.17) is 9.47 Å². The summed E-state index contributed by atoms with van der Waals surface area (Å²) in [6.07, 6.45) is 8.88. The summed E-state index contributed by atoms with van der Waals surface area (Å²) >= 11 is 0. The molecule has 0 aromatic heterocycles. The Labute approximate surface area is 262 Å². The average molecular weight is 589 g/mol. The summed E-state index contributed by atoms with van der Waals surface area (Å²) in [7, 11) is 0. The normalized spacial score (nSPS) is 16.1. The Morgan fingerprint density at radius 2 is 1.45 bits per heavy atom. The van der Waals surface area contributed by atoms with Gasteiger partial charge in [-0.1, -0.05) is 81.5 Å². The minimum absolute atomic E-state index is 0.317. The lowest BCUT2D eigenvalue weighted by molar-refractivity contribution is 0.0224. The van der Waals surface area contributed by atoms with Crippen LogP contribution in [0.3, 0.4) is 0 Å². The molecule has 1 N–H and O–H groups in total. The van der Waals surface area contributed by atoms with E-state index in [2.05, 4.69) is 56.1 Å². The van der Waals surface area contributed by atoms with Crippen molar-refractivity contribution < 1.29 is 14.3 Å². The van der Waals surface area contributed by atoms with E-state index in [1.54, 1.807) is 0 Å². The van der Waals surface area contributed by atoms with Crippen molar-refractivity contribution in [3.63, 3.8) is 0 Å².